The quantitative estimate of drug-likeness (QED) is 0.788. The van der Waals surface area contributed by atoms with Crippen LogP contribution in [0.25, 0.3) is 0 Å². The minimum Gasteiger partial charge on any atom is -0.384 e. The third kappa shape index (κ3) is 5.17. The number of carbonyl (C=O) groups excluding carboxylic acids is 1. The van der Waals surface area contributed by atoms with E-state index in [1.807, 2.05) is 54.9 Å². The summed E-state index contributed by atoms with van der Waals surface area (Å²) in [5.41, 5.74) is 2.83. The molecule has 1 aliphatic heterocycles. The van der Waals surface area contributed by atoms with Gasteiger partial charge in [-0.1, -0.05) is 29.8 Å². The Bertz CT molecular complexity index is 787. The number of nitrogens with one attached hydrogen (secondary N) is 2. The molecule has 134 valence electrons. The monoisotopic (exact) mass is 368 g/mol. The van der Waals surface area contributed by atoms with Gasteiger partial charge in [0.2, 0.25) is 5.91 Å². The topological polar surface area (TPSA) is 66.4 Å². The fraction of sp³-hybridized carbons (Fsp3) is 0.250. The molecule has 0 aliphatic carbocycles. The molecule has 1 aromatic carbocycles. The van der Waals surface area contributed by atoms with Crippen molar-refractivity contribution in [3.63, 3.8) is 0 Å². The van der Waals surface area contributed by atoms with Gasteiger partial charge in [-0.25, -0.2) is 0 Å². The second kappa shape index (κ2) is 9.15. The molecule has 1 amide bonds. The Kier molecular flexibility index (Phi) is 6.39. The van der Waals surface area contributed by atoms with E-state index in [2.05, 4.69) is 20.6 Å². The number of benzene rings is 1. The Morgan fingerprint density at radius 1 is 1.23 bits per heavy atom. The number of carbonyl (C=O) groups is 1. The van der Waals surface area contributed by atoms with Gasteiger partial charge in [-0.3, -0.25) is 14.8 Å². The number of hydrogen-bond acceptors (Lipinski definition) is 4. The van der Waals surface area contributed by atoms with Crippen LogP contribution in [-0.4, -0.2) is 30.2 Å². The third-order valence-electron chi connectivity index (χ3n) is 4.14. The Morgan fingerprint density at radius 2 is 2.08 bits per heavy atom. The summed E-state index contributed by atoms with van der Waals surface area (Å²) in [7, 11) is 0. The Balaban J connectivity index is 1.63. The van der Waals surface area contributed by atoms with Crippen LogP contribution in [0.3, 0.4) is 0 Å². The predicted octanol–water partition coefficient (Wildman–Crippen LogP) is 3.28. The lowest BCUT2D eigenvalue weighted by molar-refractivity contribution is -0.121. The lowest BCUT2D eigenvalue weighted by Crippen LogP contribution is -2.27. The molecule has 2 heterocycles. The van der Waals surface area contributed by atoms with Crippen LogP contribution < -0.4 is 10.6 Å². The van der Waals surface area contributed by atoms with Crippen molar-refractivity contribution in [2.45, 2.75) is 18.8 Å². The summed E-state index contributed by atoms with van der Waals surface area (Å²) >= 11 is 5.99. The maximum Gasteiger partial charge on any atom is 0.221 e. The summed E-state index contributed by atoms with van der Waals surface area (Å²) in [4.78, 5) is 21.2. The Morgan fingerprint density at radius 3 is 2.77 bits per heavy atom. The summed E-state index contributed by atoms with van der Waals surface area (Å²) in [6.07, 6.45) is 6.49. The van der Waals surface area contributed by atoms with Gasteiger partial charge in [0.1, 0.15) is 0 Å². The molecule has 26 heavy (non-hydrogen) atoms. The van der Waals surface area contributed by atoms with Gasteiger partial charge in [0.05, 0.1) is 5.70 Å². The van der Waals surface area contributed by atoms with Gasteiger partial charge >= 0.3 is 0 Å². The van der Waals surface area contributed by atoms with Gasteiger partial charge in [0, 0.05) is 61.2 Å². The maximum absolute atomic E-state index is 12.5. The molecule has 1 aliphatic rings. The highest BCUT2D eigenvalue weighted by atomic mass is 35.5. The molecule has 0 saturated carbocycles. The molecule has 0 radical (unpaired) electrons. The highest BCUT2D eigenvalue weighted by Gasteiger charge is 2.19. The first-order valence-corrected chi connectivity index (χ1v) is 8.98. The number of aliphatic imine (C=N–C) groups is 1. The number of pyridine rings is 1. The number of nitrogens with zero attached hydrogens (tertiary/aromatic N) is 2. The van der Waals surface area contributed by atoms with E-state index in [9.17, 15) is 4.79 Å². The van der Waals surface area contributed by atoms with E-state index in [0.717, 1.165) is 23.5 Å². The van der Waals surface area contributed by atoms with Crippen LogP contribution in [0.1, 0.15) is 30.0 Å². The Labute approximate surface area is 158 Å². The molecule has 1 aromatic heterocycles. The summed E-state index contributed by atoms with van der Waals surface area (Å²) in [5.74, 6) is -0.119. The van der Waals surface area contributed by atoms with Crippen LogP contribution in [0.5, 0.6) is 0 Å². The van der Waals surface area contributed by atoms with Crippen LogP contribution >= 0.6 is 11.6 Å². The predicted molar refractivity (Wildman–Crippen MR) is 104 cm³/mol. The number of rotatable bonds is 7. The molecule has 2 aromatic rings. The smallest absolute Gasteiger partial charge is 0.221 e. The van der Waals surface area contributed by atoms with Crippen molar-refractivity contribution in [3.8, 4) is 0 Å². The number of aromatic nitrogens is 1. The van der Waals surface area contributed by atoms with Gasteiger partial charge in [-0.05, 0) is 29.8 Å². The molecule has 1 unspecified atom stereocenters. The number of hydrogen-bond donors (Lipinski definition) is 2. The molecular formula is C20H21ClN4O. The molecule has 6 heteroatoms. The van der Waals surface area contributed by atoms with Crippen LogP contribution in [-0.2, 0) is 4.79 Å². The van der Waals surface area contributed by atoms with Crippen molar-refractivity contribution in [3.05, 3.63) is 76.8 Å². The summed E-state index contributed by atoms with van der Waals surface area (Å²) in [6.45, 7) is 1.31. The van der Waals surface area contributed by atoms with Crippen molar-refractivity contribution in [1.82, 2.24) is 15.6 Å². The summed E-state index contributed by atoms with van der Waals surface area (Å²) in [5, 5.41) is 6.76. The van der Waals surface area contributed by atoms with Crippen molar-refractivity contribution in [1.29, 1.82) is 0 Å². The van der Waals surface area contributed by atoms with Crippen molar-refractivity contribution >= 4 is 23.7 Å². The molecule has 2 N–H and O–H groups in total. The number of amides is 1. The van der Waals surface area contributed by atoms with Crippen molar-refractivity contribution < 1.29 is 4.79 Å². The minimum atomic E-state index is -0.109. The fourth-order valence-corrected chi connectivity index (χ4v) is 2.95. The molecule has 0 saturated heterocycles. The second-order valence-corrected chi connectivity index (χ2v) is 6.45. The molecule has 0 bridgehead atoms. The zero-order valence-corrected chi connectivity index (χ0v) is 15.1. The van der Waals surface area contributed by atoms with Gasteiger partial charge < -0.3 is 10.6 Å². The Hall–Kier alpha value is -2.66. The van der Waals surface area contributed by atoms with E-state index in [1.165, 1.54) is 0 Å². The van der Waals surface area contributed by atoms with E-state index < -0.39 is 0 Å². The van der Waals surface area contributed by atoms with Gasteiger partial charge in [0.15, 0.2) is 0 Å². The highest BCUT2D eigenvalue weighted by molar-refractivity contribution is 6.30. The standard InChI is InChI=1S/C20H21ClN4O/c21-16-6-4-15(5-7-16)18(19-3-1-2-9-24-19)13-20(26)25-10-8-17-14-22-11-12-23-17/h1-7,9,12,14,18,22H,8,10-11,13H2,(H,25,26). The molecule has 0 fully saturated rings. The zero-order chi connectivity index (χ0) is 18.2. The second-order valence-electron chi connectivity index (χ2n) is 6.02. The molecule has 3 rings (SSSR count). The summed E-state index contributed by atoms with van der Waals surface area (Å²) in [6, 6.07) is 13.3. The first-order chi connectivity index (χ1) is 12.7. The zero-order valence-electron chi connectivity index (χ0n) is 14.4. The molecule has 5 nitrogen and oxygen atoms in total. The minimum absolute atomic E-state index is 0.0102. The SMILES string of the molecule is O=C(CC(c1ccc(Cl)cc1)c1ccccn1)NCCC1=CNCC=N1. The van der Waals surface area contributed by atoms with E-state index in [1.54, 1.807) is 6.20 Å². The van der Waals surface area contributed by atoms with E-state index in [4.69, 9.17) is 11.6 Å². The normalized spacial score (nSPS) is 14.3. The summed E-state index contributed by atoms with van der Waals surface area (Å²) < 4.78 is 0. The van der Waals surface area contributed by atoms with Crippen LogP contribution in [0.15, 0.2) is 65.6 Å². The lowest BCUT2D eigenvalue weighted by atomic mass is 9.91. The van der Waals surface area contributed by atoms with Crippen LogP contribution in [0.4, 0.5) is 0 Å². The van der Waals surface area contributed by atoms with Gasteiger partial charge in [-0.2, -0.15) is 0 Å². The van der Waals surface area contributed by atoms with Crippen LogP contribution in [0.2, 0.25) is 5.02 Å². The van der Waals surface area contributed by atoms with Gasteiger partial charge in [-0.15, -0.1) is 0 Å². The lowest BCUT2D eigenvalue weighted by Gasteiger charge is -2.17. The first kappa shape index (κ1) is 18.1. The maximum atomic E-state index is 12.5. The number of halogens is 1. The van der Waals surface area contributed by atoms with Crippen LogP contribution in [0, 0.1) is 0 Å². The third-order valence-corrected chi connectivity index (χ3v) is 4.40. The van der Waals surface area contributed by atoms with Crippen molar-refractivity contribution in [2.75, 3.05) is 13.1 Å². The van der Waals surface area contributed by atoms with E-state index >= 15 is 0 Å². The van der Waals surface area contributed by atoms with Crippen molar-refractivity contribution in [2.24, 2.45) is 4.99 Å². The largest absolute Gasteiger partial charge is 0.384 e. The first-order valence-electron chi connectivity index (χ1n) is 8.60. The average molecular weight is 369 g/mol. The average Bonchev–Trinajstić information content (AvgIpc) is 2.68. The fourth-order valence-electron chi connectivity index (χ4n) is 2.82. The molecule has 1 atom stereocenters. The van der Waals surface area contributed by atoms with E-state index in [-0.39, 0.29) is 11.8 Å². The highest BCUT2D eigenvalue weighted by Crippen LogP contribution is 2.27. The van der Waals surface area contributed by atoms with Gasteiger partial charge in [0.25, 0.3) is 0 Å². The van der Waals surface area contributed by atoms with E-state index in [0.29, 0.717) is 24.4 Å². The molecule has 0 spiro atoms. The molecular weight excluding hydrogens is 348 g/mol.